The Morgan fingerprint density at radius 3 is 2.28 bits per heavy atom. The van der Waals surface area contributed by atoms with Gasteiger partial charge in [-0.2, -0.15) is 0 Å². The lowest BCUT2D eigenvalue weighted by molar-refractivity contribution is -0.991. The molecule has 11 atom stereocenters. The molecule has 1 saturated heterocycles. The first kappa shape index (κ1) is 46.9. The average Bonchev–Trinajstić information content (AvgIpc) is 3.39. The maximum Gasteiger partial charge on any atom is 0.510 e. The Bertz CT molecular complexity index is 1930. The first-order chi connectivity index (χ1) is 27.6. The molecule has 0 aromatic heterocycles. The summed E-state index contributed by atoms with van der Waals surface area (Å²) >= 11 is 6.81. The second kappa shape index (κ2) is 16.0. The summed E-state index contributed by atoms with van der Waals surface area (Å²) in [5.74, 6) is -6.57. The Morgan fingerprint density at radius 2 is 1.77 bits per heavy atom. The van der Waals surface area contributed by atoms with Crippen molar-refractivity contribution in [1.29, 1.82) is 0 Å². The number of anilines is 1. The first-order valence-electron chi connectivity index (χ1n) is 20.5. The quantitative estimate of drug-likeness (QED) is 0.133. The van der Waals surface area contributed by atoms with Crippen LogP contribution < -0.4 is 10.2 Å². The number of carbonyl (C=O) groups excluding carboxylic acids is 4. The van der Waals surface area contributed by atoms with Gasteiger partial charge in [-0.15, -0.1) is 0 Å². The lowest BCUT2D eigenvalue weighted by Gasteiger charge is -2.64. The predicted octanol–water partition coefficient (Wildman–Crippen LogP) is 6.01. The molecule has 5 rings (SSSR count). The third kappa shape index (κ3) is 6.98. The van der Waals surface area contributed by atoms with E-state index in [4.69, 9.17) is 35.4 Å². The lowest BCUT2D eigenvalue weighted by atomic mass is 9.48. The van der Waals surface area contributed by atoms with E-state index >= 15 is 4.79 Å². The van der Waals surface area contributed by atoms with Crippen molar-refractivity contribution in [1.82, 2.24) is 4.90 Å². The Morgan fingerprint density at radius 1 is 1.13 bits per heavy atom. The summed E-state index contributed by atoms with van der Waals surface area (Å²) in [5, 5.41) is 42.3. The molecule has 0 radical (unpaired) electrons. The number of amides is 2. The topological polar surface area (TPSA) is 201 Å². The monoisotopic (exact) mass is 863 g/mol. The zero-order valence-corrected chi connectivity index (χ0v) is 37.7. The Kier molecular flexibility index (Phi) is 12.5. The van der Waals surface area contributed by atoms with E-state index in [0.717, 1.165) is 6.92 Å². The molecule has 1 saturated carbocycles. The summed E-state index contributed by atoms with van der Waals surface area (Å²) in [6, 6.07) is 4.66. The van der Waals surface area contributed by atoms with Crippen LogP contribution in [0.2, 0.25) is 5.02 Å². The number of nitrogens with zero attached hydrogens (tertiary/aromatic N) is 3. The van der Waals surface area contributed by atoms with Gasteiger partial charge in [0, 0.05) is 38.5 Å². The molecule has 0 spiro atoms. The van der Waals surface area contributed by atoms with Gasteiger partial charge < -0.3 is 44.0 Å². The van der Waals surface area contributed by atoms with Crippen molar-refractivity contribution < 1.29 is 67.6 Å². The number of carboxylic acid groups (broad SMARTS) is 2. The highest BCUT2D eigenvalue weighted by molar-refractivity contribution is 6.33. The van der Waals surface area contributed by atoms with Crippen molar-refractivity contribution in [3.05, 3.63) is 40.4 Å². The van der Waals surface area contributed by atoms with Gasteiger partial charge in [-0.05, 0) is 97.6 Å². The largest absolute Gasteiger partial charge is 0.510 e. The molecule has 0 bridgehead atoms. The SMILES string of the molecule is CCN(CC(C)[C@@H]1CC[C@@H](C)[C@@]2(O)[C@@H]1C=C(C)[C@H](OC(C)=O)[C@@H]2[C@]1(C(=O)O)C[C@@]2(OC(=O)OC(C)(C)C)c3cccc(Cl)c3N(C)O[C@H]2[N+]1(C(=O)[O-])C(C)(C)C)C(=O)OC. The summed E-state index contributed by atoms with van der Waals surface area (Å²) in [5.41, 5.74) is -9.38. The van der Waals surface area contributed by atoms with Crippen LogP contribution in [0, 0.1) is 29.6 Å². The number of hydrogen-bond acceptors (Lipinski definition) is 13. The zero-order chi connectivity index (χ0) is 45.3. The first-order valence-corrected chi connectivity index (χ1v) is 20.9. The van der Waals surface area contributed by atoms with Crippen LogP contribution in [0.25, 0.3) is 0 Å². The number of methoxy groups -OCH3 is 1. The van der Waals surface area contributed by atoms with Gasteiger partial charge in [-0.25, -0.2) is 28.8 Å². The van der Waals surface area contributed by atoms with Crippen LogP contribution in [0.5, 0.6) is 0 Å². The molecule has 2 heterocycles. The molecule has 2 aliphatic carbocycles. The van der Waals surface area contributed by atoms with Gasteiger partial charge in [-0.1, -0.05) is 43.7 Å². The van der Waals surface area contributed by atoms with E-state index < -0.39 is 105 Å². The molecule has 2 aliphatic heterocycles. The standard InChI is InChI=1S/C43H62ClN3O13/c1-14-46(36(51)56-13)21-24(3)27-19-18-25(4)43(55)29(27)20-23(2)32(57-26(5)48)33(43)41(35(49)50)22-42(59-38(54)58-40(9,10)11)28-16-15-17-30(44)31(28)45(12)60-34(42)47(41,37(52)53)39(6,7)8/h15-17,20,24-25,27,29,32-34,55H,14,18-19,21-22H2,1-13H3,(H-,49,50,52,53)/t24?,25-,27+,29-,32+,33-,34-,41+,42-,43-,47?/m1/s1. The van der Waals surface area contributed by atoms with Gasteiger partial charge in [0.05, 0.1) is 41.3 Å². The number of carbonyl (C=O) groups is 5. The fourth-order valence-corrected chi connectivity index (χ4v) is 11.7. The average molecular weight is 864 g/mol. The smallest absolute Gasteiger partial charge is 0.498 e. The number of aliphatic carboxylic acids is 1. The number of aliphatic hydroxyl groups is 1. The molecule has 2 amide bonds. The van der Waals surface area contributed by atoms with Crippen molar-refractivity contribution in [3.8, 4) is 0 Å². The number of hydroxylamine groups is 1. The summed E-state index contributed by atoms with van der Waals surface area (Å²) < 4.78 is 21.6. The number of para-hydroxylation sites is 1. The molecule has 1 aromatic rings. The van der Waals surface area contributed by atoms with Crippen molar-refractivity contribution in [3.63, 3.8) is 0 Å². The lowest BCUT2D eigenvalue weighted by Crippen LogP contribution is -2.86. The molecule has 2 unspecified atom stereocenters. The number of ether oxygens (including phenoxy) is 4. The van der Waals surface area contributed by atoms with Crippen molar-refractivity contribution >= 4 is 47.6 Å². The van der Waals surface area contributed by atoms with Crippen LogP contribution in [0.3, 0.4) is 0 Å². The number of esters is 1. The number of likely N-dealkylation sites (tertiary alicyclic amines) is 1. The van der Waals surface area contributed by atoms with Crippen molar-refractivity contribution in [2.45, 2.75) is 136 Å². The molecule has 2 fully saturated rings. The Labute approximate surface area is 357 Å². The minimum Gasteiger partial charge on any atom is -0.498 e. The van der Waals surface area contributed by atoms with Crippen LogP contribution in [0.4, 0.5) is 20.1 Å². The zero-order valence-electron chi connectivity index (χ0n) is 37.0. The third-order valence-electron chi connectivity index (χ3n) is 13.6. The second-order valence-corrected chi connectivity index (χ2v) is 19.5. The van der Waals surface area contributed by atoms with E-state index in [1.165, 1.54) is 44.9 Å². The summed E-state index contributed by atoms with van der Waals surface area (Å²) in [4.78, 5) is 78.1. The van der Waals surface area contributed by atoms with Crippen LogP contribution in [0.1, 0.15) is 101 Å². The van der Waals surface area contributed by atoms with Crippen LogP contribution in [-0.2, 0) is 39.0 Å². The number of carboxylic acids is 1. The highest BCUT2D eigenvalue weighted by Crippen LogP contribution is 2.69. The molecule has 1 aromatic carbocycles. The normalized spacial score (nSPS) is 34.2. The summed E-state index contributed by atoms with van der Waals surface area (Å²) in [6.45, 7) is 18.2. The third-order valence-corrected chi connectivity index (χ3v) is 13.9. The molecule has 2 N–H and O–H groups in total. The van der Waals surface area contributed by atoms with Crippen molar-refractivity contribution in [2.24, 2.45) is 29.6 Å². The van der Waals surface area contributed by atoms with E-state index in [-0.39, 0.29) is 28.7 Å². The molecular formula is C43H62ClN3O13. The van der Waals surface area contributed by atoms with Crippen LogP contribution in [0.15, 0.2) is 29.8 Å². The predicted molar refractivity (Wildman–Crippen MR) is 216 cm³/mol. The van der Waals surface area contributed by atoms with Gasteiger partial charge in [-0.3, -0.25) is 4.79 Å². The molecule has 17 heteroatoms. The number of hydrogen-bond donors (Lipinski definition) is 2. The fraction of sp³-hybridized carbons (Fsp3) is 0.698. The van der Waals surface area contributed by atoms with Gasteiger partial charge in [0.25, 0.3) is 12.3 Å². The maximum absolute atomic E-state index is 15.1. The molecule has 16 nitrogen and oxygen atoms in total. The number of fused-ring (bicyclic) bond motifs is 4. The minimum absolute atomic E-state index is 0.120. The minimum atomic E-state index is -2.79. The Balaban J connectivity index is 1.95. The highest BCUT2D eigenvalue weighted by atomic mass is 35.5. The fourth-order valence-electron chi connectivity index (χ4n) is 11.4. The number of benzene rings is 1. The molecule has 334 valence electrons. The van der Waals surface area contributed by atoms with Gasteiger partial charge in [0.2, 0.25) is 11.1 Å². The number of rotatable bonds is 8. The Hall–Kier alpha value is -4.12. The highest BCUT2D eigenvalue weighted by Gasteiger charge is 2.88. The molecular weight excluding hydrogens is 802 g/mol. The maximum atomic E-state index is 15.1. The van der Waals surface area contributed by atoms with Gasteiger partial charge in [0.15, 0.2) is 0 Å². The summed E-state index contributed by atoms with van der Waals surface area (Å²) in [7, 11) is 2.76. The molecule has 60 heavy (non-hydrogen) atoms. The van der Waals surface area contributed by atoms with Gasteiger partial charge >= 0.3 is 24.2 Å². The van der Waals surface area contributed by atoms with E-state index in [0.29, 0.717) is 25.0 Å². The molecule has 4 aliphatic rings. The van der Waals surface area contributed by atoms with Gasteiger partial charge in [0.1, 0.15) is 11.7 Å². The number of halogens is 1. The van der Waals surface area contributed by atoms with E-state index in [9.17, 15) is 34.5 Å². The number of quaternary nitrogens is 1. The van der Waals surface area contributed by atoms with Crippen molar-refractivity contribution in [2.75, 3.05) is 32.3 Å². The van der Waals surface area contributed by atoms with Crippen LogP contribution in [-0.4, -0.2) is 112 Å². The van der Waals surface area contributed by atoms with E-state index in [2.05, 4.69) is 0 Å². The van der Waals surface area contributed by atoms with E-state index in [1.807, 2.05) is 13.8 Å². The summed E-state index contributed by atoms with van der Waals surface area (Å²) in [6.07, 6.45) is -5.30. The second-order valence-electron chi connectivity index (χ2n) is 19.1. The van der Waals surface area contributed by atoms with E-state index in [1.54, 1.807) is 58.9 Å². The van der Waals surface area contributed by atoms with Crippen LogP contribution >= 0.6 is 11.6 Å².